The Morgan fingerprint density at radius 2 is 1.72 bits per heavy atom. The molecule has 2 aromatic carbocycles. The van der Waals surface area contributed by atoms with E-state index in [4.69, 9.17) is 9.47 Å². The SMILES string of the molecule is C=C/C(Cc1ccc(OCC)cc1)=C(C)\C=C/OCc1ccccc1. The van der Waals surface area contributed by atoms with Crippen molar-refractivity contribution in [3.63, 3.8) is 0 Å². The first-order valence-corrected chi connectivity index (χ1v) is 8.59. The predicted molar refractivity (Wildman–Crippen MR) is 105 cm³/mol. The summed E-state index contributed by atoms with van der Waals surface area (Å²) in [5.74, 6) is 0.904. The molecule has 0 aliphatic carbocycles. The average Bonchev–Trinajstić information content (AvgIpc) is 2.65. The number of ether oxygens (including phenoxy) is 2. The summed E-state index contributed by atoms with van der Waals surface area (Å²) < 4.78 is 11.1. The smallest absolute Gasteiger partial charge is 0.119 e. The zero-order valence-electron chi connectivity index (χ0n) is 15.1. The van der Waals surface area contributed by atoms with Gasteiger partial charge < -0.3 is 9.47 Å². The van der Waals surface area contributed by atoms with Crippen LogP contribution in [0.15, 0.2) is 90.7 Å². The van der Waals surface area contributed by atoms with Crippen LogP contribution in [0.4, 0.5) is 0 Å². The predicted octanol–water partition coefficient (Wildman–Crippen LogP) is 5.86. The van der Waals surface area contributed by atoms with E-state index in [-0.39, 0.29) is 0 Å². The van der Waals surface area contributed by atoms with Gasteiger partial charge in [-0.2, -0.15) is 0 Å². The molecule has 0 aliphatic rings. The van der Waals surface area contributed by atoms with Crippen LogP contribution >= 0.6 is 0 Å². The molecule has 25 heavy (non-hydrogen) atoms. The van der Waals surface area contributed by atoms with Crippen LogP contribution in [0, 0.1) is 0 Å². The first kappa shape index (κ1) is 18.6. The Balaban J connectivity index is 1.94. The van der Waals surface area contributed by atoms with E-state index in [1.54, 1.807) is 6.26 Å². The van der Waals surface area contributed by atoms with E-state index in [0.717, 1.165) is 23.3 Å². The van der Waals surface area contributed by atoms with Crippen molar-refractivity contribution in [1.82, 2.24) is 0 Å². The largest absolute Gasteiger partial charge is 0.497 e. The van der Waals surface area contributed by atoms with Crippen molar-refractivity contribution in [2.24, 2.45) is 0 Å². The Kier molecular flexibility index (Phi) is 7.58. The van der Waals surface area contributed by atoms with Gasteiger partial charge in [-0.3, -0.25) is 0 Å². The minimum Gasteiger partial charge on any atom is -0.497 e. The molecule has 0 fully saturated rings. The van der Waals surface area contributed by atoms with Gasteiger partial charge in [-0.25, -0.2) is 0 Å². The molecule has 0 saturated carbocycles. The highest BCUT2D eigenvalue weighted by atomic mass is 16.5. The fraction of sp³-hybridized carbons (Fsp3) is 0.217. The fourth-order valence-corrected chi connectivity index (χ4v) is 2.44. The van der Waals surface area contributed by atoms with Gasteiger partial charge in [-0.1, -0.05) is 55.1 Å². The van der Waals surface area contributed by atoms with Gasteiger partial charge in [-0.05, 0) is 60.8 Å². The van der Waals surface area contributed by atoms with Crippen LogP contribution < -0.4 is 4.74 Å². The molecule has 0 saturated heterocycles. The second-order valence-corrected chi connectivity index (χ2v) is 5.77. The Labute approximate surface area is 151 Å². The first-order valence-electron chi connectivity index (χ1n) is 8.59. The lowest BCUT2D eigenvalue weighted by atomic mass is 10.0. The van der Waals surface area contributed by atoms with Crippen LogP contribution in [0.25, 0.3) is 0 Å². The van der Waals surface area contributed by atoms with Gasteiger partial charge in [0.15, 0.2) is 0 Å². The Morgan fingerprint density at radius 3 is 2.36 bits per heavy atom. The molecule has 0 bridgehead atoms. The van der Waals surface area contributed by atoms with Crippen molar-refractivity contribution >= 4 is 0 Å². The van der Waals surface area contributed by atoms with Gasteiger partial charge in [0.1, 0.15) is 12.4 Å². The minimum absolute atomic E-state index is 0.576. The monoisotopic (exact) mass is 334 g/mol. The highest BCUT2D eigenvalue weighted by Crippen LogP contribution is 2.18. The fourth-order valence-electron chi connectivity index (χ4n) is 2.44. The summed E-state index contributed by atoms with van der Waals surface area (Å²) in [4.78, 5) is 0. The summed E-state index contributed by atoms with van der Waals surface area (Å²) in [5.41, 5.74) is 4.73. The normalized spacial score (nSPS) is 11.9. The summed E-state index contributed by atoms with van der Waals surface area (Å²) in [6.07, 6.45) is 6.50. The van der Waals surface area contributed by atoms with Crippen LogP contribution in [0.2, 0.25) is 0 Å². The molecule has 0 amide bonds. The third-order valence-corrected chi connectivity index (χ3v) is 3.89. The Morgan fingerprint density at radius 1 is 1.00 bits per heavy atom. The van der Waals surface area contributed by atoms with Gasteiger partial charge in [-0.15, -0.1) is 0 Å². The molecular weight excluding hydrogens is 308 g/mol. The summed E-state index contributed by atoms with van der Waals surface area (Å²) in [5, 5.41) is 0. The molecule has 0 atom stereocenters. The molecule has 0 radical (unpaired) electrons. The molecule has 0 aliphatic heterocycles. The Hall–Kier alpha value is -2.74. The van der Waals surface area contributed by atoms with Crippen molar-refractivity contribution < 1.29 is 9.47 Å². The summed E-state index contributed by atoms with van der Waals surface area (Å²) in [6.45, 7) is 9.27. The zero-order chi connectivity index (χ0) is 17.9. The van der Waals surface area contributed by atoms with Crippen molar-refractivity contribution in [3.8, 4) is 5.75 Å². The lowest BCUT2D eigenvalue weighted by Crippen LogP contribution is -1.94. The van der Waals surface area contributed by atoms with Crippen LogP contribution in [0.5, 0.6) is 5.75 Å². The quantitative estimate of drug-likeness (QED) is 0.422. The zero-order valence-corrected chi connectivity index (χ0v) is 15.1. The van der Waals surface area contributed by atoms with Crippen molar-refractivity contribution in [3.05, 3.63) is 102 Å². The lowest BCUT2D eigenvalue weighted by Gasteiger charge is -2.08. The molecule has 0 unspecified atom stereocenters. The minimum atomic E-state index is 0.576. The number of hydrogen-bond acceptors (Lipinski definition) is 2. The third kappa shape index (κ3) is 6.34. The highest BCUT2D eigenvalue weighted by Gasteiger charge is 2.01. The van der Waals surface area contributed by atoms with Gasteiger partial charge in [0.25, 0.3) is 0 Å². The van der Waals surface area contributed by atoms with E-state index in [1.165, 1.54) is 11.1 Å². The summed E-state index contributed by atoms with van der Waals surface area (Å²) in [7, 11) is 0. The summed E-state index contributed by atoms with van der Waals surface area (Å²) in [6, 6.07) is 18.3. The first-order chi connectivity index (χ1) is 12.2. The van der Waals surface area contributed by atoms with Crippen molar-refractivity contribution in [1.29, 1.82) is 0 Å². The molecule has 2 heteroatoms. The second-order valence-electron chi connectivity index (χ2n) is 5.77. The number of benzene rings is 2. The molecule has 2 aromatic rings. The topological polar surface area (TPSA) is 18.5 Å². The van der Waals surface area contributed by atoms with E-state index < -0.39 is 0 Å². The van der Waals surface area contributed by atoms with Crippen molar-refractivity contribution in [2.75, 3.05) is 6.61 Å². The number of hydrogen-bond donors (Lipinski definition) is 0. The molecule has 2 nitrogen and oxygen atoms in total. The van der Waals surface area contributed by atoms with Gasteiger partial charge >= 0.3 is 0 Å². The average molecular weight is 334 g/mol. The van der Waals surface area contributed by atoms with E-state index in [0.29, 0.717) is 13.2 Å². The van der Waals surface area contributed by atoms with Gasteiger partial charge in [0.2, 0.25) is 0 Å². The van der Waals surface area contributed by atoms with E-state index in [1.807, 2.05) is 49.4 Å². The van der Waals surface area contributed by atoms with E-state index in [2.05, 4.69) is 37.8 Å². The maximum absolute atomic E-state index is 5.61. The van der Waals surface area contributed by atoms with Crippen molar-refractivity contribution in [2.45, 2.75) is 26.9 Å². The van der Waals surface area contributed by atoms with Crippen LogP contribution in [0.1, 0.15) is 25.0 Å². The number of rotatable bonds is 9. The van der Waals surface area contributed by atoms with E-state index in [9.17, 15) is 0 Å². The molecule has 130 valence electrons. The molecule has 0 N–H and O–H groups in total. The van der Waals surface area contributed by atoms with Crippen LogP contribution in [-0.4, -0.2) is 6.61 Å². The summed E-state index contributed by atoms with van der Waals surface area (Å²) >= 11 is 0. The molecule has 0 aromatic heterocycles. The maximum atomic E-state index is 5.61. The third-order valence-electron chi connectivity index (χ3n) is 3.89. The molecule has 0 heterocycles. The lowest BCUT2D eigenvalue weighted by molar-refractivity contribution is 0.236. The Bertz CT molecular complexity index is 710. The highest BCUT2D eigenvalue weighted by molar-refractivity contribution is 5.37. The number of allylic oxidation sites excluding steroid dienone is 4. The van der Waals surface area contributed by atoms with Crippen LogP contribution in [0.3, 0.4) is 0 Å². The van der Waals surface area contributed by atoms with Crippen LogP contribution in [-0.2, 0) is 17.8 Å². The van der Waals surface area contributed by atoms with E-state index >= 15 is 0 Å². The molecular formula is C23H26O2. The second kappa shape index (κ2) is 10.2. The standard InChI is InChI=1S/C23H26O2/c1-4-22(17-20-11-13-23(14-12-20)25-5-2)19(3)15-16-24-18-21-9-7-6-8-10-21/h4,6-16H,1,5,17-18H2,2-3H3/b16-15-,22-19+. The molecule has 2 rings (SSSR count). The molecule has 0 spiro atoms. The van der Waals surface area contributed by atoms with Gasteiger partial charge in [0, 0.05) is 0 Å². The maximum Gasteiger partial charge on any atom is 0.119 e. The van der Waals surface area contributed by atoms with Gasteiger partial charge in [0.05, 0.1) is 12.9 Å².